The van der Waals surface area contributed by atoms with E-state index >= 15 is 0 Å². The molecule has 1 amide bonds. The number of amides is 1. The van der Waals surface area contributed by atoms with Crippen molar-refractivity contribution < 1.29 is 23.1 Å². The molecule has 0 spiro atoms. The van der Waals surface area contributed by atoms with E-state index in [4.69, 9.17) is 5.11 Å². The smallest absolute Gasteiger partial charge is 0.323 e. The molecule has 0 heterocycles. The molecule has 1 aromatic rings. The topological polar surface area (TPSA) is 113 Å². The SMILES string of the molecule is CCC(=O)Nc1cccc(NS(=O)(=O)C(C)C(=O)O)c1C. The molecule has 0 radical (unpaired) electrons. The first-order chi connectivity index (χ1) is 9.69. The minimum Gasteiger partial charge on any atom is -0.480 e. The quantitative estimate of drug-likeness (QED) is 0.737. The molecule has 21 heavy (non-hydrogen) atoms. The molecule has 0 aliphatic rings. The third-order valence-corrected chi connectivity index (χ3v) is 4.63. The van der Waals surface area contributed by atoms with Gasteiger partial charge in [0.1, 0.15) is 0 Å². The highest BCUT2D eigenvalue weighted by Gasteiger charge is 2.28. The second kappa shape index (κ2) is 6.57. The van der Waals surface area contributed by atoms with Gasteiger partial charge in [0, 0.05) is 12.1 Å². The molecule has 1 rings (SSSR count). The van der Waals surface area contributed by atoms with Crippen LogP contribution in [0.1, 0.15) is 25.8 Å². The van der Waals surface area contributed by atoms with Crippen LogP contribution in [0.25, 0.3) is 0 Å². The summed E-state index contributed by atoms with van der Waals surface area (Å²) in [7, 11) is -4.05. The van der Waals surface area contributed by atoms with Gasteiger partial charge >= 0.3 is 5.97 Å². The number of hydrogen-bond donors (Lipinski definition) is 3. The van der Waals surface area contributed by atoms with Gasteiger partial charge < -0.3 is 10.4 Å². The van der Waals surface area contributed by atoms with E-state index in [2.05, 4.69) is 10.0 Å². The lowest BCUT2D eigenvalue weighted by atomic mass is 10.1. The maximum absolute atomic E-state index is 11.9. The molecule has 7 nitrogen and oxygen atoms in total. The average molecular weight is 314 g/mol. The van der Waals surface area contributed by atoms with Gasteiger partial charge in [-0.15, -0.1) is 0 Å². The zero-order chi connectivity index (χ0) is 16.2. The van der Waals surface area contributed by atoms with Crippen molar-refractivity contribution in [2.75, 3.05) is 10.0 Å². The Morgan fingerprint density at radius 3 is 2.38 bits per heavy atom. The van der Waals surface area contributed by atoms with E-state index in [-0.39, 0.29) is 11.6 Å². The number of nitrogens with one attached hydrogen (secondary N) is 2. The number of benzene rings is 1. The summed E-state index contributed by atoms with van der Waals surface area (Å²) in [6.45, 7) is 4.42. The molecule has 3 N–H and O–H groups in total. The van der Waals surface area contributed by atoms with Gasteiger partial charge in [-0.25, -0.2) is 8.42 Å². The van der Waals surface area contributed by atoms with Crippen molar-refractivity contribution >= 4 is 33.3 Å². The Morgan fingerprint density at radius 1 is 1.29 bits per heavy atom. The number of hydrogen-bond acceptors (Lipinski definition) is 4. The first kappa shape index (κ1) is 17.0. The van der Waals surface area contributed by atoms with Crippen molar-refractivity contribution in [1.82, 2.24) is 0 Å². The molecular formula is C13H18N2O5S. The number of carbonyl (C=O) groups excluding carboxylic acids is 1. The molecule has 0 fully saturated rings. The van der Waals surface area contributed by atoms with Crippen LogP contribution in [0.15, 0.2) is 18.2 Å². The van der Waals surface area contributed by atoms with Crippen LogP contribution in [-0.2, 0) is 19.6 Å². The van der Waals surface area contributed by atoms with Crippen LogP contribution in [0, 0.1) is 6.92 Å². The molecule has 0 aromatic heterocycles. The number of rotatable bonds is 6. The van der Waals surface area contributed by atoms with Crippen molar-refractivity contribution in [2.45, 2.75) is 32.4 Å². The van der Waals surface area contributed by atoms with Crippen LogP contribution in [0.3, 0.4) is 0 Å². The molecule has 0 aliphatic carbocycles. The fraction of sp³-hybridized carbons (Fsp3) is 0.385. The Balaban J connectivity index is 3.08. The fourth-order valence-electron chi connectivity index (χ4n) is 1.49. The van der Waals surface area contributed by atoms with Crippen molar-refractivity contribution in [3.63, 3.8) is 0 Å². The second-order valence-electron chi connectivity index (χ2n) is 4.51. The van der Waals surface area contributed by atoms with Crippen molar-refractivity contribution in [3.8, 4) is 0 Å². The van der Waals surface area contributed by atoms with E-state index in [0.29, 0.717) is 17.7 Å². The number of anilines is 2. The summed E-state index contributed by atoms with van der Waals surface area (Å²) in [5.41, 5.74) is 1.22. The van der Waals surface area contributed by atoms with Crippen molar-refractivity contribution in [3.05, 3.63) is 23.8 Å². The fourth-order valence-corrected chi connectivity index (χ4v) is 2.46. The molecule has 0 saturated carbocycles. The van der Waals surface area contributed by atoms with E-state index < -0.39 is 21.2 Å². The molecule has 1 unspecified atom stereocenters. The predicted molar refractivity (Wildman–Crippen MR) is 79.7 cm³/mol. The van der Waals surface area contributed by atoms with Crippen LogP contribution < -0.4 is 10.0 Å². The number of aliphatic carboxylic acids is 1. The second-order valence-corrected chi connectivity index (χ2v) is 6.51. The van der Waals surface area contributed by atoms with Gasteiger partial charge in [0.05, 0.1) is 5.69 Å². The number of carboxylic acids is 1. The maximum atomic E-state index is 11.9. The lowest BCUT2D eigenvalue weighted by molar-refractivity contribution is -0.136. The third kappa shape index (κ3) is 4.19. The molecule has 0 aliphatic heterocycles. The summed E-state index contributed by atoms with van der Waals surface area (Å²) in [6, 6.07) is 4.71. The van der Waals surface area contributed by atoms with Gasteiger partial charge in [-0.2, -0.15) is 0 Å². The maximum Gasteiger partial charge on any atom is 0.323 e. The zero-order valence-corrected chi connectivity index (χ0v) is 12.8. The predicted octanol–water partition coefficient (Wildman–Crippen LogP) is 1.56. The Hall–Kier alpha value is -2.09. The largest absolute Gasteiger partial charge is 0.480 e. The first-order valence-electron chi connectivity index (χ1n) is 6.33. The molecule has 0 saturated heterocycles. The van der Waals surface area contributed by atoms with E-state index in [1.165, 1.54) is 6.07 Å². The standard InChI is InChI=1S/C13H18N2O5S/c1-4-12(16)14-10-6-5-7-11(8(10)2)15-21(19,20)9(3)13(17)18/h5-7,9,15H,4H2,1-3H3,(H,14,16)(H,17,18). The van der Waals surface area contributed by atoms with Gasteiger partial charge in [0.2, 0.25) is 15.9 Å². The Labute approximate surface area is 123 Å². The monoisotopic (exact) mass is 314 g/mol. The molecule has 8 heteroatoms. The molecular weight excluding hydrogens is 296 g/mol. The number of sulfonamides is 1. The highest BCUT2D eigenvalue weighted by Crippen LogP contribution is 2.25. The summed E-state index contributed by atoms with van der Waals surface area (Å²) in [5.74, 6) is -1.63. The first-order valence-corrected chi connectivity index (χ1v) is 7.87. The van der Waals surface area contributed by atoms with Gasteiger partial charge in [-0.3, -0.25) is 14.3 Å². The Kier molecular flexibility index (Phi) is 5.31. The number of carbonyl (C=O) groups is 2. The van der Waals surface area contributed by atoms with Gasteiger partial charge in [-0.1, -0.05) is 13.0 Å². The van der Waals surface area contributed by atoms with Crippen LogP contribution in [0.4, 0.5) is 11.4 Å². The van der Waals surface area contributed by atoms with Gasteiger partial charge in [0.15, 0.2) is 5.25 Å². The lowest BCUT2D eigenvalue weighted by Crippen LogP contribution is -2.32. The lowest BCUT2D eigenvalue weighted by Gasteiger charge is -2.15. The highest BCUT2D eigenvalue weighted by atomic mass is 32.2. The van der Waals surface area contributed by atoms with E-state index in [1.807, 2.05) is 0 Å². The molecule has 0 bridgehead atoms. The summed E-state index contributed by atoms with van der Waals surface area (Å²) >= 11 is 0. The summed E-state index contributed by atoms with van der Waals surface area (Å²) in [5, 5.41) is 9.86. The van der Waals surface area contributed by atoms with Crippen molar-refractivity contribution in [2.24, 2.45) is 0 Å². The summed E-state index contributed by atoms with van der Waals surface area (Å²) < 4.78 is 26.0. The van der Waals surface area contributed by atoms with E-state index in [0.717, 1.165) is 6.92 Å². The van der Waals surface area contributed by atoms with E-state index in [9.17, 15) is 18.0 Å². The minimum atomic E-state index is -4.05. The number of carboxylic acid groups (broad SMARTS) is 1. The van der Waals surface area contributed by atoms with Crippen molar-refractivity contribution in [1.29, 1.82) is 0 Å². The highest BCUT2D eigenvalue weighted by molar-refractivity contribution is 7.94. The summed E-state index contributed by atoms with van der Waals surface area (Å²) in [4.78, 5) is 22.2. The minimum absolute atomic E-state index is 0.197. The van der Waals surface area contributed by atoms with Crippen LogP contribution in [0.5, 0.6) is 0 Å². The Morgan fingerprint density at radius 2 is 1.86 bits per heavy atom. The molecule has 116 valence electrons. The zero-order valence-electron chi connectivity index (χ0n) is 12.0. The van der Waals surface area contributed by atoms with Gasteiger partial charge in [0.25, 0.3) is 0 Å². The summed E-state index contributed by atoms with van der Waals surface area (Å²) in [6.07, 6.45) is 0.297. The molecule has 1 aromatic carbocycles. The average Bonchev–Trinajstić information content (AvgIpc) is 2.41. The van der Waals surface area contributed by atoms with Crippen LogP contribution >= 0.6 is 0 Å². The normalized spacial score (nSPS) is 12.5. The third-order valence-electron chi connectivity index (χ3n) is 2.99. The van der Waals surface area contributed by atoms with Gasteiger partial charge in [-0.05, 0) is 31.5 Å². The Bertz CT molecular complexity index is 655. The molecule has 1 atom stereocenters. The van der Waals surface area contributed by atoms with Crippen LogP contribution in [0.2, 0.25) is 0 Å². The van der Waals surface area contributed by atoms with Crippen LogP contribution in [-0.4, -0.2) is 30.7 Å². The van der Waals surface area contributed by atoms with E-state index in [1.54, 1.807) is 26.0 Å².